The first-order valence-corrected chi connectivity index (χ1v) is 8.31. The van der Waals surface area contributed by atoms with E-state index in [1.54, 1.807) is 6.20 Å². The fraction of sp³-hybridized carbons (Fsp3) is 0.438. The van der Waals surface area contributed by atoms with Gasteiger partial charge in [-0.15, -0.1) is 11.3 Å². The summed E-state index contributed by atoms with van der Waals surface area (Å²) in [6, 6.07) is 5.73. The molecule has 5 nitrogen and oxygen atoms in total. The van der Waals surface area contributed by atoms with E-state index in [1.165, 1.54) is 11.3 Å². The summed E-state index contributed by atoms with van der Waals surface area (Å²) < 4.78 is 0. The number of hydrogen-bond donors (Lipinski definition) is 2. The number of carbonyl (C=O) groups is 1. The third kappa shape index (κ3) is 4.89. The summed E-state index contributed by atoms with van der Waals surface area (Å²) in [6.45, 7) is 4.70. The van der Waals surface area contributed by atoms with Crippen molar-refractivity contribution in [2.75, 3.05) is 6.54 Å². The van der Waals surface area contributed by atoms with Crippen LogP contribution in [0, 0.1) is 5.92 Å². The Hall–Kier alpha value is -1.79. The van der Waals surface area contributed by atoms with Crippen molar-refractivity contribution < 1.29 is 4.79 Å². The van der Waals surface area contributed by atoms with Crippen LogP contribution >= 0.6 is 11.3 Å². The first-order chi connectivity index (χ1) is 10.6. The minimum atomic E-state index is -0.0334. The second-order valence-corrected chi connectivity index (χ2v) is 6.52. The van der Waals surface area contributed by atoms with Gasteiger partial charge in [-0.3, -0.25) is 9.78 Å². The van der Waals surface area contributed by atoms with Crippen LogP contribution in [0.1, 0.15) is 26.0 Å². The van der Waals surface area contributed by atoms with Gasteiger partial charge in [-0.25, -0.2) is 4.98 Å². The Morgan fingerprint density at radius 3 is 2.86 bits per heavy atom. The maximum Gasteiger partial charge on any atom is 0.226 e. The number of amides is 1. The van der Waals surface area contributed by atoms with Crippen LogP contribution in [0.5, 0.6) is 0 Å². The molecule has 6 heteroatoms. The minimum absolute atomic E-state index is 0.0291. The molecular weight excluding hydrogens is 296 g/mol. The molecule has 1 atom stereocenters. The van der Waals surface area contributed by atoms with E-state index in [0.29, 0.717) is 12.5 Å². The molecule has 0 saturated carbocycles. The predicted octanol–water partition coefficient (Wildman–Crippen LogP) is 2.24. The van der Waals surface area contributed by atoms with Crippen molar-refractivity contribution in [2.24, 2.45) is 11.7 Å². The van der Waals surface area contributed by atoms with Crippen LogP contribution in [0.4, 0.5) is 0 Å². The number of rotatable bonds is 7. The number of nitrogens with two attached hydrogens (primary N) is 1. The Morgan fingerprint density at radius 1 is 1.41 bits per heavy atom. The zero-order valence-corrected chi connectivity index (χ0v) is 13.8. The van der Waals surface area contributed by atoms with Gasteiger partial charge >= 0.3 is 0 Å². The molecule has 2 rings (SSSR count). The average molecular weight is 318 g/mol. The SMILES string of the molecule is CC(C)CC(CN)NC(=O)Cc1csc(-c2ccccn2)n1. The van der Waals surface area contributed by atoms with Gasteiger partial charge in [0.25, 0.3) is 0 Å². The smallest absolute Gasteiger partial charge is 0.226 e. The van der Waals surface area contributed by atoms with Crippen LogP contribution in [-0.4, -0.2) is 28.5 Å². The van der Waals surface area contributed by atoms with Gasteiger partial charge in [0.1, 0.15) is 5.01 Å². The number of nitrogens with one attached hydrogen (secondary N) is 1. The first kappa shape index (κ1) is 16.6. The second kappa shape index (κ2) is 8.00. The zero-order chi connectivity index (χ0) is 15.9. The summed E-state index contributed by atoms with van der Waals surface area (Å²) in [5.41, 5.74) is 7.31. The lowest BCUT2D eigenvalue weighted by Crippen LogP contribution is -2.41. The Morgan fingerprint density at radius 2 is 2.23 bits per heavy atom. The average Bonchev–Trinajstić information content (AvgIpc) is 2.95. The monoisotopic (exact) mass is 318 g/mol. The molecule has 22 heavy (non-hydrogen) atoms. The molecule has 0 radical (unpaired) electrons. The van der Waals surface area contributed by atoms with Crippen molar-refractivity contribution >= 4 is 17.2 Å². The Balaban J connectivity index is 1.94. The third-order valence-corrected chi connectivity index (χ3v) is 4.10. The van der Waals surface area contributed by atoms with E-state index in [1.807, 2.05) is 23.6 Å². The van der Waals surface area contributed by atoms with Crippen molar-refractivity contribution in [2.45, 2.75) is 32.7 Å². The molecule has 0 spiro atoms. The molecule has 118 valence electrons. The first-order valence-electron chi connectivity index (χ1n) is 7.43. The molecule has 0 saturated heterocycles. The second-order valence-electron chi connectivity index (χ2n) is 5.67. The highest BCUT2D eigenvalue weighted by molar-refractivity contribution is 7.13. The normalized spacial score (nSPS) is 12.4. The van der Waals surface area contributed by atoms with Crippen LogP contribution in [-0.2, 0) is 11.2 Å². The summed E-state index contributed by atoms with van der Waals surface area (Å²) in [5, 5.41) is 5.72. The number of hydrogen-bond acceptors (Lipinski definition) is 5. The molecule has 1 amide bonds. The topological polar surface area (TPSA) is 80.9 Å². The molecule has 0 aliphatic carbocycles. The quantitative estimate of drug-likeness (QED) is 0.820. The van der Waals surface area contributed by atoms with Gasteiger partial charge in [0.05, 0.1) is 17.8 Å². The van der Waals surface area contributed by atoms with Gasteiger partial charge < -0.3 is 11.1 Å². The number of carbonyl (C=O) groups excluding carboxylic acids is 1. The van der Waals surface area contributed by atoms with Crippen molar-refractivity contribution in [1.82, 2.24) is 15.3 Å². The van der Waals surface area contributed by atoms with Gasteiger partial charge in [0, 0.05) is 24.2 Å². The summed E-state index contributed by atoms with van der Waals surface area (Å²) in [7, 11) is 0. The van der Waals surface area contributed by atoms with Gasteiger partial charge in [-0.1, -0.05) is 19.9 Å². The summed E-state index contributed by atoms with van der Waals surface area (Å²) in [5.74, 6) is 0.470. The van der Waals surface area contributed by atoms with E-state index in [4.69, 9.17) is 5.73 Å². The Bertz CT molecular complexity index is 597. The minimum Gasteiger partial charge on any atom is -0.352 e. The van der Waals surface area contributed by atoms with Crippen LogP contribution in [0.25, 0.3) is 10.7 Å². The number of pyridine rings is 1. The molecule has 1 unspecified atom stereocenters. The predicted molar refractivity (Wildman–Crippen MR) is 89.5 cm³/mol. The maximum atomic E-state index is 12.1. The van der Waals surface area contributed by atoms with Crippen molar-refractivity contribution in [3.63, 3.8) is 0 Å². The van der Waals surface area contributed by atoms with Gasteiger partial charge in [0.2, 0.25) is 5.91 Å². The van der Waals surface area contributed by atoms with E-state index in [-0.39, 0.29) is 18.4 Å². The van der Waals surface area contributed by atoms with E-state index in [2.05, 4.69) is 29.1 Å². The molecule has 0 aliphatic heterocycles. The van der Waals surface area contributed by atoms with Crippen molar-refractivity contribution in [1.29, 1.82) is 0 Å². The Kier molecular flexibility index (Phi) is 6.03. The molecule has 0 bridgehead atoms. The third-order valence-electron chi connectivity index (χ3n) is 3.18. The van der Waals surface area contributed by atoms with Gasteiger partial charge in [-0.2, -0.15) is 0 Å². The lowest BCUT2D eigenvalue weighted by Gasteiger charge is -2.18. The summed E-state index contributed by atoms with van der Waals surface area (Å²) >= 11 is 1.50. The molecule has 0 aliphatic rings. The molecule has 0 fully saturated rings. The molecule has 3 N–H and O–H groups in total. The number of nitrogens with zero attached hydrogens (tertiary/aromatic N) is 2. The van der Waals surface area contributed by atoms with Gasteiger partial charge in [-0.05, 0) is 24.5 Å². The molecule has 2 aromatic heterocycles. The lowest BCUT2D eigenvalue weighted by molar-refractivity contribution is -0.121. The highest BCUT2D eigenvalue weighted by Gasteiger charge is 2.14. The number of thiazole rings is 1. The van der Waals surface area contributed by atoms with E-state index >= 15 is 0 Å². The fourth-order valence-corrected chi connectivity index (χ4v) is 3.02. The summed E-state index contributed by atoms with van der Waals surface area (Å²) in [4.78, 5) is 20.8. The Labute approximate surface area is 135 Å². The molecular formula is C16H22N4OS. The standard InChI is InChI=1S/C16H22N4OS/c1-11(2)7-12(9-17)19-15(21)8-13-10-22-16(20-13)14-5-3-4-6-18-14/h3-6,10-12H,7-9,17H2,1-2H3,(H,19,21). The van der Waals surface area contributed by atoms with Crippen molar-refractivity contribution in [3.05, 3.63) is 35.5 Å². The highest BCUT2D eigenvalue weighted by Crippen LogP contribution is 2.21. The molecule has 0 aromatic carbocycles. The number of aromatic nitrogens is 2. The van der Waals surface area contributed by atoms with E-state index in [0.717, 1.165) is 22.8 Å². The largest absolute Gasteiger partial charge is 0.352 e. The van der Waals surface area contributed by atoms with Crippen molar-refractivity contribution in [3.8, 4) is 10.7 Å². The molecule has 2 heterocycles. The van der Waals surface area contributed by atoms with Gasteiger partial charge in [0.15, 0.2) is 0 Å². The summed E-state index contributed by atoms with van der Waals surface area (Å²) in [6.07, 6.45) is 2.90. The van der Waals surface area contributed by atoms with Crippen LogP contribution in [0.2, 0.25) is 0 Å². The molecule has 2 aromatic rings. The lowest BCUT2D eigenvalue weighted by atomic mass is 10.0. The highest BCUT2D eigenvalue weighted by atomic mass is 32.1. The van der Waals surface area contributed by atoms with Crippen LogP contribution in [0.15, 0.2) is 29.8 Å². The zero-order valence-electron chi connectivity index (χ0n) is 13.0. The fourth-order valence-electron chi connectivity index (χ4n) is 2.22. The maximum absolute atomic E-state index is 12.1. The van der Waals surface area contributed by atoms with Crippen LogP contribution < -0.4 is 11.1 Å². The van der Waals surface area contributed by atoms with Crippen LogP contribution in [0.3, 0.4) is 0 Å². The van der Waals surface area contributed by atoms with E-state index in [9.17, 15) is 4.79 Å². The van der Waals surface area contributed by atoms with E-state index < -0.39 is 0 Å².